The van der Waals surface area contributed by atoms with Crippen molar-refractivity contribution in [2.45, 2.75) is 19.3 Å². The van der Waals surface area contributed by atoms with Crippen LogP contribution in [-0.4, -0.2) is 15.0 Å². The van der Waals surface area contributed by atoms with E-state index in [9.17, 15) is 0 Å². The van der Waals surface area contributed by atoms with Crippen LogP contribution < -0.4 is 0 Å². The second-order valence-electron chi connectivity index (χ2n) is 14.4. The standard InChI is InChI=1S/C48H31N3S2/c1-48(2)38-19-8-6-14-32(38)33-24-22-30(27-39(33)48)46-49-45(50-47(51-46)36-18-10-17-35-34-15-7-9-20-40(34)53-44(35)36)29-23-25-41-37(26-29)43-31(16-11-21-42(43)52-41)28-12-4-3-5-13-28/h3-27H,1-2H3. The Hall–Kier alpha value is -6.01. The topological polar surface area (TPSA) is 38.7 Å². The predicted molar refractivity (Wildman–Crippen MR) is 225 cm³/mol. The van der Waals surface area contributed by atoms with Crippen LogP contribution in [0.3, 0.4) is 0 Å². The summed E-state index contributed by atoms with van der Waals surface area (Å²) in [6, 6.07) is 54.6. The number of benzene rings is 7. The summed E-state index contributed by atoms with van der Waals surface area (Å²) >= 11 is 3.63. The molecule has 10 aromatic rings. The molecule has 0 radical (unpaired) electrons. The molecule has 1 aliphatic rings. The van der Waals surface area contributed by atoms with Crippen molar-refractivity contribution in [3.63, 3.8) is 0 Å². The Balaban J connectivity index is 1.15. The molecule has 250 valence electrons. The third-order valence-electron chi connectivity index (χ3n) is 11.0. The maximum absolute atomic E-state index is 5.29. The average molecular weight is 714 g/mol. The third-order valence-corrected chi connectivity index (χ3v) is 13.3. The lowest BCUT2D eigenvalue weighted by Crippen LogP contribution is -2.15. The van der Waals surface area contributed by atoms with Crippen LogP contribution in [0.25, 0.3) is 96.8 Å². The molecule has 53 heavy (non-hydrogen) atoms. The van der Waals surface area contributed by atoms with Crippen molar-refractivity contribution in [2.75, 3.05) is 0 Å². The minimum atomic E-state index is -0.134. The van der Waals surface area contributed by atoms with E-state index in [0.717, 1.165) is 16.7 Å². The number of aromatic nitrogens is 3. The second-order valence-corrected chi connectivity index (χ2v) is 16.5. The Morgan fingerprint density at radius 3 is 1.91 bits per heavy atom. The number of fused-ring (bicyclic) bond motifs is 9. The average Bonchev–Trinajstić information content (AvgIpc) is 3.85. The molecule has 0 saturated heterocycles. The van der Waals surface area contributed by atoms with Crippen molar-refractivity contribution in [2.24, 2.45) is 0 Å². The highest BCUT2D eigenvalue weighted by Gasteiger charge is 2.35. The molecule has 0 saturated carbocycles. The maximum Gasteiger partial charge on any atom is 0.165 e. The van der Waals surface area contributed by atoms with Crippen molar-refractivity contribution >= 4 is 63.0 Å². The summed E-state index contributed by atoms with van der Waals surface area (Å²) in [4.78, 5) is 15.9. The van der Waals surface area contributed by atoms with Gasteiger partial charge in [0, 0.05) is 62.4 Å². The molecular formula is C48H31N3S2. The smallest absolute Gasteiger partial charge is 0.165 e. The summed E-state index contributed by atoms with van der Waals surface area (Å²) in [5, 5.41) is 4.97. The minimum Gasteiger partial charge on any atom is -0.208 e. The van der Waals surface area contributed by atoms with Crippen molar-refractivity contribution in [3.05, 3.63) is 163 Å². The molecule has 0 atom stereocenters. The van der Waals surface area contributed by atoms with Crippen molar-refractivity contribution in [1.82, 2.24) is 15.0 Å². The molecule has 0 aliphatic heterocycles. The zero-order chi connectivity index (χ0) is 35.3. The van der Waals surface area contributed by atoms with E-state index in [1.807, 2.05) is 11.3 Å². The molecule has 1 aliphatic carbocycles. The first kappa shape index (κ1) is 30.6. The number of rotatable bonds is 4. The molecule has 0 fully saturated rings. The van der Waals surface area contributed by atoms with Gasteiger partial charge in [0.15, 0.2) is 17.5 Å². The fourth-order valence-corrected chi connectivity index (χ4v) is 10.7. The molecule has 0 unspecified atom stereocenters. The molecule has 0 N–H and O–H groups in total. The Morgan fingerprint density at radius 1 is 0.396 bits per heavy atom. The first-order valence-electron chi connectivity index (χ1n) is 17.9. The summed E-state index contributed by atoms with van der Waals surface area (Å²) < 4.78 is 4.97. The van der Waals surface area contributed by atoms with Gasteiger partial charge in [-0.2, -0.15) is 0 Å². The van der Waals surface area contributed by atoms with Gasteiger partial charge in [0.2, 0.25) is 0 Å². The van der Waals surface area contributed by atoms with Crippen LogP contribution in [0.4, 0.5) is 0 Å². The van der Waals surface area contributed by atoms with Crippen molar-refractivity contribution in [1.29, 1.82) is 0 Å². The lowest BCUT2D eigenvalue weighted by Gasteiger charge is -2.21. The lowest BCUT2D eigenvalue weighted by atomic mass is 9.82. The molecule has 0 spiro atoms. The van der Waals surface area contributed by atoms with E-state index in [-0.39, 0.29) is 5.41 Å². The van der Waals surface area contributed by atoms with E-state index in [4.69, 9.17) is 15.0 Å². The maximum atomic E-state index is 5.29. The van der Waals surface area contributed by atoms with Gasteiger partial charge in [-0.3, -0.25) is 0 Å². The number of thiophene rings is 2. The van der Waals surface area contributed by atoms with E-state index in [0.29, 0.717) is 17.5 Å². The van der Waals surface area contributed by atoms with Crippen molar-refractivity contribution < 1.29 is 0 Å². The molecule has 3 heterocycles. The highest BCUT2D eigenvalue weighted by molar-refractivity contribution is 7.26. The number of nitrogens with zero attached hydrogens (tertiary/aromatic N) is 3. The van der Waals surface area contributed by atoms with E-state index < -0.39 is 0 Å². The minimum absolute atomic E-state index is 0.134. The van der Waals surface area contributed by atoms with E-state index in [2.05, 4.69) is 166 Å². The predicted octanol–water partition coefficient (Wildman–Crippen LogP) is 13.6. The zero-order valence-corrected chi connectivity index (χ0v) is 30.7. The van der Waals surface area contributed by atoms with Gasteiger partial charge in [-0.15, -0.1) is 22.7 Å². The Bertz CT molecular complexity index is 3100. The van der Waals surface area contributed by atoms with Gasteiger partial charge >= 0.3 is 0 Å². The van der Waals surface area contributed by atoms with E-state index in [1.165, 1.54) is 73.7 Å². The van der Waals surface area contributed by atoms with Gasteiger partial charge in [-0.25, -0.2) is 15.0 Å². The molecule has 7 aromatic carbocycles. The summed E-state index contributed by atoms with van der Waals surface area (Å²) in [5.74, 6) is 2.04. The van der Waals surface area contributed by atoms with Gasteiger partial charge in [0.25, 0.3) is 0 Å². The molecule has 3 nitrogen and oxygen atoms in total. The fraction of sp³-hybridized carbons (Fsp3) is 0.0625. The van der Waals surface area contributed by atoms with Gasteiger partial charge in [0.1, 0.15) is 0 Å². The molecule has 0 amide bonds. The first-order valence-corrected chi connectivity index (χ1v) is 19.6. The van der Waals surface area contributed by atoms with Crippen LogP contribution in [0.5, 0.6) is 0 Å². The second kappa shape index (κ2) is 11.5. The zero-order valence-electron chi connectivity index (χ0n) is 29.1. The van der Waals surface area contributed by atoms with Crippen molar-refractivity contribution in [3.8, 4) is 56.4 Å². The first-order chi connectivity index (χ1) is 26.0. The third kappa shape index (κ3) is 4.67. The monoisotopic (exact) mass is 713 g/mol. The molecular weight excluding hydrogens is 683 g/mol. The van der Waals surface area contributed by atoms with Crippen LogP contribution in [0.15, 0.2) is 152 Å². The van der Waals surface area contributed by atoms with Crippen LogP contribution >= 0.6 is 22.7 Å². The summed E-state index contributed by atoms with van der Waals surface area (Å²) in [6.07, 6.45) is 0. The fourth-order valence-electron chi connectivity index (χ4n) is 8.35. The van der Waals surface area contributed by atoms with E-state index >= 15 is 0 Å². The highest BCUT2D eigenvalue weighted by Crippen LogP contribution is 2.50. The van der Waals surface area contributed by atoms with E-state index in [1.54, 1.807) is 11.3 Å². The Kier molecular flexibility index (Phi) is 6.64. The molecule has 11 rings (SSSR count). The Labute approximate surface area is 314 Å². The number of hydrogen-bond donors (Lipinski definition) is 0. The van der Waals surface area contributed by atoms with Gasteiger partial charge in [-0.1, -0.05) is 123 Å². The summed E-state index contributed by atoms with van der Waals surface area (Å²) in [6.45, 7) is 4.63. The highest BCUT2D eigenvalue weighted by atomic mass is 32.1. The van der Waals surface area contributed by atoms with Crippen LogP contribution in [-0.2, 0) is 5.41 Å². The lowest BCUT2D eigenvalue weighted by molar-refractivity contribution is 0.660. The van der Waals surface area contributed by atoms with Gasteiger partial charge in [0.05, 0.1) is 0 Å². The quantitative estimate of drug-likeness (QED) is 0.182. The van der Waals surface area contributed by atoms with Gasteiger partial charge in [-0.05, 0) is 75.8 Å². The van der Waals surface area contributed by atoms with Crippen LogP contribution in [0.2, 0.25) is 0 Å². The SMILES string of the molecule is CC1(C)c2ccccc2-c2ccc(-c3nc(-c4ccc5sc6cccc(-c7ccccc7)c6c5c4)nc(-c4cccc5c4sc4ccccc45)n3)cc21. The molecule has 0 bridgehead atoms. The number of hydrogen-bond acceptors (Lipinski definition) is 5. The summed E-state index contributed by atoms with van der Waals surface area (Å²) in [5.41, 5.74) is 10.5. The summed E-state index contributed by atoms with van der Waals surface area (Å²) in [7, 11) is 0. The molecule has 5 heteroatoms. The van der Waals surface area contributed by atoms with Gasteiger partial charge < -0.3 is 0 Å². The van der Waals surface area contributed by atoms with Crippen LogP contribution in [0.1, 0.15) is 25.0 Å². The molecule has 3 aromatic heterocycles. The normalized spacial score (nSPS) is 13.2. The Morgan fingerprint density at radius 2 is 1.02 bits per heavy atom. The largest absolute Gasteiger partial charge is 0.208 e. The van der Waals surface area contributed by atoms with Crippen LogP contribution in [0, 0.1) is 0 Å².